The standard InChI is InChI=1S/C8H14BrNO2S/c1-5-6(2)8(13(3,11)12)10-4-7(5)9/h4-8H,1-3H3/t5-,6-,7-,8+/m1/s1. The van der Waals surface area contributed by atoms with Crippen LogP contribution in [0.2, 0.25) is 0 Å². The van der Waals surface area contributed by atoms with Crippen molar-refractivity contribution < 1.29 is 8.42 Å². The summed E-state index contributed by atoms with van der Waals surface area (Å²) in [6.45, 7) is 3.97. The van der Waals surface area contributed by atoms with Gasteiger partial charge in [0, 0.05) is 12.5 Å². The number of nitrogens with zero attached hydrogens (tertiary/aromatic N) is 1. The number of rotatable bonds is 1. The lowest BCUT2D eigenvalue weighted by molar-refractivity contribution is 0.376. The molecule has 4 atom stereocenters. The van der Waals surface area contributed by atoms with Gasteiger partial charge in [-0.25, -0.2) is 8.42 Å². The van der Waals surface area contributed by atoms with Crippen LogP contribution >= 0.6 is 15.9 Å². The molecule has 0 saturated carbocycles. The lowest BCUT2D eigenvalue weighted by Crippen LogP contribution is -2.38. The third-order valence-corrected chi connectivity index (χ3v) is 5.09. The SMILES string of the molecule is C[C@@H]1[C@@H](C)[C@H](S(C)(=O)=O)N=C[C@H]1Br. The van der Waals surface area contributed by atoms with Crippen molar-refractivity contribution in [1.82, 2.24) is 0 Å². The molecule has 0 bridgehead atoms. The van der Waals surface area contributed by atoms with E-state index >= 15 is 0 Å². The summed E-state index contributed by atoms with van der Waals surface area (Å²) in [4.78, 5) is 4.25. The van der Waals surface area contributed by atoms with Crippen LogP contribution in [0.4, 0.5) is 0 Å². The lowest BCUT2D eigenvalue weighted by atomic mass is 9.91. The van der Waals surface area contributed by atoms with E-state index in [0.717, 1.165) is 0 Å². The van der Waals surface area contributed by atoms with Crippen LogP contribution in [-0.4, -0.2) is 31.1 Å². The zero-order chi connectivity index (χ0) is 10.2. The first-order chi connectivity index (χ1) is 5.84. The van der Waals surface area contributed by atoms with Gasteiger partial charge in [-0.2, -0.15) is 0 Å². The second-order valence-electron chi connectivity index (χ2n) is 3.68. The molecule has 1 rings (SSSR count). The van der Waals surface area contributed by atoms with E-state index < -0.39 is 15.2 Å². The maximum Gasteiger partial charge on any atom is 0.170 e. The van der Waals surface area contributed by atoms with Crippen LogP contribution in [0.1, 0.15) is 13.8 Å². The number of hydrogen-bond donors (Lipinski definition) is 0. The Kier molecular flexibility index (Phi) is 3.17. The number of aliphatic imine (C=N–C) groups is 1. The quantitative estimate of drug-likeness (QED) is 0.676. The Morgan fingerprint density at radius 3 is 2.31 bits per heavy atom. The Morgan fingerprint density at radius 2 is 1.85 bits per heavy atom. The predicted octanol–water partition coefficient (Wildman–Crippen LogP) is 1.48. The summed E-state index contributed by atoms with van der Waals surface area (Å²) in [5.74, 6) is 0.376. The van der Waals surface area contributed by atoms with Crippen LogP contribution in [-0.2, 0) is 9.84 Å². The van der Waals surface area contributed by atoms with Gasteiger partial charge in [0.2, 0.25) is 0 Å². The van der Waals surface area contributed by atoms with E-state index in [0.29, 0.717) is 5.92 Å². The van der Waals surface area contributed by atoms with Gasteiger partial charge in [-0.05, 0) is 11.8 Å². The van der Waals surface area contributed by atoms with Gasteiger partial charge >= 0.3 is 0 Å². The van der Waals surface area contributed by atoms with Crippen molar-refractivity contribution in [3.63, 3.8) is 0 Å². The third-order valence-electron chi connectivity index (χ3n) is 2.60. The maximum atomic E-state index is 11.3. The summed E-state index contributed by atoms with van der Waals surface area (Å²) >= 11 is 3.44. The highest BCUT2D eigenvalue weighted by molar-refractivity contribution is 9.10. The first-order valence-electron chi connectivity index (χ1n) is 4.20. The molecule has 0 fully saturated rings. The molecule has 0 aromatic heterocycles. The Hall–Kier alpha value is 0.1000. The van der Waals surface area contributed by atoms with Crippen molar-refractivity contribution in [2.75, 3.05) is 6.26 Å². The minimum Gasteiger partial charge on any atom is -0.277 e. The van der Waals surface area contributed by atoms with Crippen molar-refractivity contribution in [1.29, 1.82) is 0 Å². The Bertz CT molecular complexity index is 312. The van der Waals surface area contributed by atoms with E-state index in [9.17, 15) is 8.42 Å². The molecular formula is C8H14BrNO2S. The molecule has 13 heavy (non-hydrogen) atoms. The van der Waals surface area contributed by atoms with Gasteiger partial charge in [-0.15, -0.1) is 0 Å². The van der Waals surface area contributed by atoms with Crippen molar-refractivity contribution in [3.05, 3.63) is 0 Å². The maximum absolute atomic E-state index is 11.3. The topological polar surface area (TPSA) is 46.5 Å². The fourth-order valence-corrected chi connectivity index (χ4v) is 3.43. The molecule has 1 aliphatic rings. The molecule has 0 unspecified atom stereocenters. The van der Waals surface area contributed by atoms with E-state index in [2.05, 4.69) is 20.9 Å². The molecule has 76 valence electrons. The van der Waals surface area contributed by atoms with Crippen LogP contribution in [0.15, 0.2) is 4.99 Å². The zero-order valence-electron chi connectivity index (χ0n) is 7.94. The van der Waals surface area contributed by atoms with Gasteiger partial charge in [-0.3, -0.25) is 4.99 Å². The van der Waals surface area contributed by atoms with Gasteiger partial charge in [0.1, 0.15) is 0 Å². The molecule has 0 aromatic carbocycles. The fourth-order valence-electron chi connectivity index (χ4n) is 1.49. The van der Waals surface area contributed by atoms with E-state index in [1.54, 1.807) is 6.21 Å². The van der Waals surface area contributed by atoms with Crippen molar-refractivity contribution >= 4 is 32.0 Å². The van der Waals surface area contributed by atoms with Crippen LogP contribution in [0.25, 0.3) is 0 Å². The van der Waals surface area contributed by atoms with Crippen LogP contribution in [0, 0.1) is 11.8 Å². The molecule has 0 saturated heterocycles. The molecule has 0 aliphatic carbocycles. The van der Waals surface area contributed by atoms with Gasteiger partial charge in [0.15, 0.2) is 15.2 Å². The fraction of sp³-hybridized carbons (Fsp3) is 0.875. The molecule has 1 aliphatic heterocycles. The van der Waals surface area contributed by atoms with Crippen molar-refractivity contribution in [2.45, 2.75) is 24.0 Å². The normalized spacial score (nSPS) is 40.6. The summed E-state index contributed by atoms with van der Waals surface area (Å²) in [7, 11) is -3.05. The Balaban J connectivity index is 2.98. The number of alkyl halides is 1. The van der Waals surface area contributed by atoms with Crippen LogP contribution < -0.4 is 0 Å². The molecule has 0 aromatic rings. The highest BCUT2D eigenvalue weighted by atomic mass is 79.9. The van der Waals surface area contributed by atoms with E-state index in [4.69, 9.17) is 0 Å². The number of halogens is 1. The zero-order valence-corrected chi connectivity index (χ0v) is 10.3. The van der Waals surface area contributed by atoms with E-state index in [1.165, 1.54) is 6.26 Å². The van der Waals surface area contributed by atoms with Gasteiger partial charge in [0.25, 0.3) is 0 Å². The second-order valence-corrected chi connectivity index (χ2v) is 6.88. The molecule has 0 spiro atoms. The average Bonchev–Trinajstić information content (AvgIpc) is 1.98. The molecule has 3 nitrogen and oxygen atoms in total. The monoisotopic (exact) mass is 267 g/mol. The van der Waals surface area contributed by atoms with Gasteiger partial charge < -0.3 is 0 Å². The van der Waals surface area contributed by atoms with E-state index in [-0.39, 0.29) is 10.7 Å². The second kappa shape index (κ2) is 3.69. The van der Waals surface area contributed by atoms with Crippen molar-refractivity contribution in [2.24, 2.45) is 16.8 Å². The van der Waals surface area contributed by atoms with Gasteiger partial charge in [0.05, 0.1) is 4.83 Å². The highest BCUT2D eigenvalue weighted by Gasteiger charge is 2.35. The summed E-state index contributed by atoms with van der Waals surface area (Å²) in [5.41, 5.74) is 0. The average molecular weight is 268 g/mol. The number of hydrogen-bond acceptors (Lipinski definition) is 3. The summed E-state index contributed by atoms with van der Waals surface area (Å²) < 4.78 is 22.6. The first kappa shape index (κ1) is 11.2. The highest BCUT2D eigenvalue weighted by Crippen LogP contribution is 2.30. The molecule has 0 amide bonds. The lowest BCUT2D eigenvalue weighted by Gasteiger charge is -2.31. The largest absolute Gasteiger partial charge is 0.277 e. The number of sulfone groups is 1. The third kappa shape index (κ3) is 2.31. The first-order valence-corrected chi connectivity index (χ1v) is 7.07. The summed E-state index contributed by atoms with van der Waals surface area (Å²) in [5, 5.41) is -0.559. The summed E-state index contributed by atoms with van der Waals surface area (Å²) in [6.07, 6.45) is 2.93. The van der Waals surface area contributed by atoms with Crippen LogP contribution in [0.3, 0.4) is 0 Å². The Labute approximate surface area is 87.7 Å². The summed E-state index contributed by atoms with van der Waals surface area (Å²) in [6, 6.07) is 0. The molecular weight excluding hydrogens is 254 g/mol. The molecule has 5 heteroatoms. The Morgan fingerprint density at radius 1 is 1.31 bits per heavy atom. The molecule has 0 N–H and O–H groups in total. The van der Waals surface area contributed by atoms with Gasteiger partial charge in [-0.1, -0.05) is 29.8 Å². The van der Waals surface area contributed by atoms with E-state index in [1.807, 2.05) is 13.8 Å². The molecule has 0 radical (unpaired) electrons. The molecule has 1 heterocycles. The minimum absolute atomic E-state index is 0.0735. The minimum atomic E-state index is -3.05. The van der Waals surface area contributed by atoms with Crippen LogP contribution in [0.5, 0.6) is 0 Å². The predicted molar refractivity (Wildman–Crippen MR) is 58.2 cm³/mol. The smallest absolute Gasteiger partial charge is 0.170 e. The van der Waals surface area contributed by atoms with Crippen molar-refractivity contribution in [3.8, 4) is 0 Å².